The van der Waals surface area contributed by atoms with E-state index in [4.69, 9.17) is 11.6 Å². The fourth-order valence-electron chi connectivity index (χ4n) is 5.47. The minimum absolute atomic E-state index is 0.0456. The predicted molar refractivity (Wildman–Crippen MR) is 148 cm³/mol. The second-order valence-corrected chi connectivity index (χ2v) is 11.5. The molecule has 1 aliphatic heterocycles. The quantitative estimate of drug-likeness (QED) is 0.316. The van der Waals surface area contributed by atoms with Gasteiger partial charge in [-0.2, -0.15) is 0 Å². The standard InChI is InChI=1S/C30H34ClF2N3O3/c1-30(2,3)28(36(27(37)15-31)18-21-11-12-34(17-21)29(38)39)26-13-22(24-14-23(32)9-10-25(24)33)19-35(26)16-20-7-5-4-6-8-20/h4-10,13-14,19,21,28H,11-12,15-18H2,1-3H3,(H,38,39)/t21?,28-/m0/s1. The summed E-state index contributed by atoms with van der Waals surface area (Å²) < 4.78 is 31.0. The van der Waals surface area contributed by atoms with Gasteiger partial charge in [0.25, 0.3) is 0 Å². The molecule has 3 aromatic rings. The Balaban J connectivity index is 1.82. The van der Waals surface area contributed by atoms with Crippen molar-refractivity contribution in [2.45, 2.75) is 39.8 Å². The number of carboxylic acid groups (broad SMARTS) is 1. The maximum Gasteiger partial charge on any atom is 0.407 e. The molecular weight excluding hydrogens is 524 g/mol. The zero-order chi connectivity index (χ0) is 28.3. The van der Waals surface area contributed by atoms with Crippen LogP contribution < -0.4 is 0 Å². The van der Waals surface area contributed by atoms with Gasteiger partial charge in [0.15, 0.2) is 0 Å². The van der Waals surface area contributed by atoms with Crippen LogP contribution in [0.2, 0.25) is 0 Å². The molecule has 6 nitrogen and oxygen atoms in total. The van der Waals surface area contributed by atoms with Crippen LogP contribution in [-0.2, 0) is 11.3 Å². The van der Waals surface area contributed by atoms with Gasteiger partial charge in [-0.1, -0.05) is 51.1 Å². The van der Waals surface area contributed by atoms with Gasteiger partial charge in [0.05, 0.1) is 6.04 Å². The molecule has 1 fully saturated rings. The lowest BCUT2D eigenvalue weighted by Crippen LogP contribution is -2.45. The van der Waals surface area contributed by atoms with Crippen LogP contribution in [0.15, 0.2) is 60.8 Å². The Morgan fingerprint density at radius 3 is 2.46 bits per heavy atom. The topological polar surface area (TPSA) is 65.8 Å². The van der Waals surface area contributed by atoms with E-state index in [-0.39, 0.29) is 23.3 Å². The van der Waals surface area contributed by atoms with Crippen molar-refractivity contribution in [2.24, 2.45) is 11.3 Å². The van der Waals surface area contributed by atoms with E-state index in [1.165, 1.54) is 11.0 Å². The smallest absolute Gasteiger partial charge is 0.407 e. The van der Waals surface area contributed by atoms with Gasteiger partial charge in [0, 0.05) is 49.2 Å². The Morgan fingerprint density at radius 2 is 1.85 bits per heavy atom. The number of hydrogen-bond donors (Lipinski definition) is 1. The maximum atomic E-state index is 14.9. The van der Waals surface area contributed by atoms with E-state index < -0.39 is 29.2 Å². The number of amides is 2. The van der Waals surface area contributed by atoms with Gasteiger partial charge in [-0.05, 0) is 47.6 Å². The van der Waals surface area contributed by atoms with E-state index >= 15 is 0 Å². The van der Waals surface area contributed by atoms with Crippen LogP contribution in [0, 0.1) is 23.0 Å². The summed E-state index contributed by atoms with van der Waals surface area (Å²) in [6.07, 6.45) is 1.46. The number of carbonyl (C=O) groups excluding carboxylic acids is 1. The van der Waals surface area contributed by atoms with Gasteiger partial charge >= 0.3 is 6.09 Å². The minimum Gasteiger partial charge on any atom is -0.465 e. The van der Waals surface area contributed by atoms with Crippen LogP contribution in [-0.4, -0.2) is 57.0 Å². The van der Waals surface area contributed by atoms with Gasteiger partial charge < -0.3 is 19.5 Å². The second-order valence-electron chi connectivity index (χ2n) is 11.2. The van der Waals surface area contributed by atoms with E-state index in [0.717, 1.165) is 23.4 Å². The number of nitrogens with zero attached hydrogens (tertiary/aromatic N) is 3. The molecular formula is C30H34ClF2N3O3. The summed E-state index contributed by atoms with van der Waals surface area (Å²) in [6.45, 7) is 7.60. The molecule has 0 radical (unpaired) electrons. The highest BCUT2D eigenvalue weighted by molar-refractivity contribution is 6.27. The van der Waals surface area contributed by atoms with Crippen molar-refractivity contribution in [3.63, 3.8) is 0 Å². The summed E-state index contributed by atoms with van der Waals surface area (Å²) in [5, 5.41) is 9.43. The van der Waals surface area contributed by atoms with Gasteiger partial charge in [-0.15, -0.1) is 11.6 Å². The third-order valence-electron chi connectivity index (χ3n) is 7.22. The first-order valence-electron chi connectivity index (χ1n) is 13.0. The SMILES string of the molecule is CC(C)(C)[C@H](c1cc(-c2cc(F)ccc2F)cn1Cc1ccccc1)N(CC1CCN(C(=O)O)C1)C(=O)CCl. The second kappa shape index (κ2) is 11.8. The molecule has 1 aromatic heterocycles. The molecule has 1 saturated heterocycles. The van der Waals surface area contributed by atoms with Crippen molar-refractivity contribution in [1.82, 2.24) is 14.4 Å². The fourth-order valence-corrected chi connectivity index (χ4v) is 5.63. The van der Waals surface area contributed by atoms with Crippen molar-refractivity contribution in [3.05, 3.63) is 83.7 Å². The van der Waals surface area contributed by atoms with Gasteiger partial charge in [-0.3, -0.25) is 4.79 Å². The lowest BCUT2D eigenvalue weighted by Gasteiger charge is -2.42. The monoisotopic (exact) mass is 557 g/mol. The zero-order valence-corrected chi connectivity index (χ0v) is 23.2. The number of rotatable bonds is 8. The van der Waals surface area contributed by atoms with E-state index in [1.807, 2.05) is 61.7 Å². The molecule has 4 rings (SSSR count). The largest absolute Gasteiger partial charge is 0.465 e. The molecule has 0 aliphatic carbocycles. The third kappa shape index (κ3) is 6.61. The molecule has 0 spiro atoms. The number of halogens is 3. The molecule has 39 heavy (non-hydrogen) atoms. The summed E-state index contributed by atoms with van der Waals surface area (Å²) in [7, 11) is 0. The van der Waals surface area contributed by atoms with Gasteiger partial charge in [0.1, 0.15) is 17.5 Å². The van der Waals surface area contributed by atoms with E-state index in [2.05, 4.69) is 0 Å². The molecule has 2 amide bonds. The molecule has 9 heteroatoms. The summed E-state index contributed by atoms with van der Waals surface area (Å²) in [5.41, 5.74) is 1.94. The number of likely N-dealkylation sites (tertiary alicyclic amines) is 1. The molecule has 1 unspecified atom stereocenters. The Labute approximate surface area is 232 Å². The van der Waals surface area contributed by atoms with E-state index in [1.54, 1.807) is 11.1 Å². The number of benzene rings is 2. The predicted octanol–water partition coefficient (Wildman–Crippen LogP) is 6.64. The fraction of sp³-hybridized carbons (Fsp3) is 0.400. The summed E-state index contributed by atoms with van der Waals surface area (Å²) in [5.74, 6) is -1.63. The highest BCUT2D eigenvalue weighted by atomic mass is 35.5. The van der Waals surface area contributed by atoms with Crippen LogP contribution >= 0.6 is 11.6 Å². The molecule has 1 N–H and O–H groups in total. The number of hydrogen-bond acceptors (Lipinski definition) is 2. The Bertz CT molecular complexity index is 1320. The molecule has 2 aromatic carbocycles. The van der Waals surface area contributed by atoms with Crippen molar-refractivity contribution in [3.8, 4) is 11.1 Å². The van der Waals surface area contributed by atoms with Crippen LogP contribution in [0.4, 0.5) is 13.6 Å². The number of alkyl halides is 1. The van der Waals surface area contributed by atoms with E-state index in [9.17, 15) is 23.5 Å². The molecule has 2 heterocycles. The third-order valence-corrected chi connectivity index (χ3v) is 7.45. The Hall–Kier alpha value is -3.39. The lowest BCUT2D eigenvalue weighted by molar-refractivity contribution is -0.134. The lowest BCUT2D eigenvalue weighted by atomic mass is 9.82. The highest BCUT2D eigenvalue weighted by Crippen LogP contribution is 2.42. The normalized spacial score (nSPS) is 16.4. The number of carbonyl (C=O) groups is 2. The summed E-state index contributed by atoms with van der Waals surface area (Å²) in [6, 6.07) is 14.5. The zero-order valence-electron chi connectivity index (χ0n) is 22.4. The first kappa shape index (κ1) is 28.6. The van der Waals surface area contributed by atoms with E-state index in [0.29, 0.717) is 38.2 Å². The van der Waals surface area contributed by atoms with Gasteiger partial charge in [-0.25, -0.2) is 13.6 Å². The summed E-state index contributed by atoms with van der Waals surface area (Å²) in [4.78, 5) is 28.0. The first-order valence-corrected chi connectivity index (χ1v) is 13.5. The molecule has 2 atom stereocenters. The Morgan fingerprint density at radius 1 is 1.13 bits per heavy atom. The highest BCUT2D eigenvalue weighted by Gasteiger charge is 2.39. The van der Waals surface area contributed by atoms with Crippen molar-refractivity contribution in [1.29, 1.82) is 0 Å². The average Bonchev–Trinajstić information content (AvgIpc) is 3.52. The minimum atomic E-state index is -0.974. The number of aromatic nitrogens is 1. The molecule has 208 valence electrons. The average molecular weight is 558 g/mol. The van der Waals surface area contributed by atoms with Crippen LogP contribution in [0.3, 0.4) is 0 Å². The molecule has 1 aliphatic rings. The van der Waals surface area contributed by atoms with Crippen LogP contribution in [0.25, 0.3) is 11.1 Å². The van der Waals surface area contributed by atoms with Crippen LogP contribution in [0.1, 0.15) is 44.5 Å². The summed E-state index contributed by atoms with van der Waals surface area (Å²) >= 11 is 6.11. The molecule has 0 bridgehead atoms. The molecule has 0 saturated carbocycles. The Kier molecular flexibility index (Phi) is 8.64. The maximum absolute atomic E-state index is 14.9. The van der Waals surface area contributed by atoms with Crippen LogP contribution in [0.5, 0.6) is 0 Å². The first-order chi connectivity index (χ1) is 18.5. The van der Waals surface area contributed by atoms with Gasteiger partial charge in [0.2, 0.25) is 5.91 Å². The van der Waals surface area contributed by atoms with Crippen molar-refractivity contribution in [2.75, 3.05) is 25.5 Å². The van der Waals surface area contributed by atoms with Crippen molar-refractivity contribution < 1.29 is 23.5 Å². The van der Waals surface area contributed by atoms with Crippen molar-refractivity contribution >= 4 is 23.6 Å².